The predicted molar refractivity (Wildman–Crippen MR) is 116 cm³/mol. The van der Waals surface area contributed by atoms with Crippen molar-refractivity contribution in [1.82, 2.24) is 4.90 Å². The fourth-order valence-corrected chi connectivity index (χ4v) is 4.63. The maximum Gasteiger partial charge on any atom is 0.340 e. The van der Waals surface area contributed by atoms with E-state index in [1.807, 2.05) is 6.07 Å². The normalized spacial score (nSPS) is 15.6. The van der Waals surface area contributed by atoms with Gasteiger partial charge in [0, 0.05) is 18.5 Å². The van der Waals surface area contributed by atoms with E-state index in [1.54, 1.807) is 55.1 Å². The topological polar surface area (TPSA) is 111 Å². The Labute approximate surface area is 184 Å². The second-order valence-corrected chi connectivity index (χ2v) is 8.44. The Morgan fingerprint density at radius 1 is 1.12 bits per heavy atom. The van der Waals surface area contributed by atoms with E-state index in [2.05, 4.69) is 0 Å². The molecule has 7 heteroatoms. The van der Waals surface area contributed by atoms with E-state index >= 15 is 0 Å². The Hall–Kier alpha value is -3.61. The number of hydrogen-bond donors (Lipinski definition) is 1. The lowest BCUT2D eigenvalue weighted by Crippen LogP contribution is -2.54. The quantitative estimate of drug-likeness (QED) is 0.629. The molecule has 1 amide bonds. The number of nitrogens with zero attached hydrogens (tertiary/aromatic N) is 1. The highest BCUT2D eigenvalue weighted by Gasteiger charge is 2.38. The Morgan fingerprint density at radius 3 is 2.41 bits per heavy atom. The van der Waals surface area contributed by atoms with Crippen LogP contribution in [0.15, 0.2) is 51.7 Å². The van der Waals surface area contributed by atoms with E-state index in [1.165, 1.54) is 0 Å². The molecule has 1 aliphatic heterocycles. The summed E-state index contributed by atoms with van der Waals surface area (Å²) < 4.78 is 5.37. The monoisotopic (exact) mass is 434 g/mol. The first kappa shape index (κ1) is 21.6. The van der Waals surface area contributed by atoms with Crippen LogP contribution in [0.5, 0.6) is 5.75 Å². The Bertz CT molecular complexity index is 1250. The average Bonchev–Trinajstić information content (AvgIpc) is 2.76. The predicted octanol–water partition coefficient (Wildman–Crippen LogP) is 1.97. The lowest BCUT2D eigenvalue weighted by Gasteiger charge is -2.43. The highest BCUT2D eigenvalue weighted by Crippen LogP contribution is 2.35. The molecule has 1 aromatic heterocycles. The molecule has 0 radical (unpaired) electrons. The molecule has 1 N–H and O–H groups in total. The number of carboxylic acid groups (broad SMARTS) is 1. The average molecular weight is 434 g/mol. The van der Waals surface area contributed by atoms with Gasteiger partial charge in [0.05, 0.1) is 23.3 Å². The van der Waals surface area contributed by atoms with Crippen molar-refractivity contribution in [3.8, 4) is 5.75 Å². The van der Waals surface area contributed by atoms with Gasteiger partial charge in [-0.3, -0.25) is 4.79 Å². The first-order valence-electron chi connectivity index (χ1n) is 10.5. The lowest BCUT2D eigenvalue weighted by molar-refractivity contribution is -0.315. The smallest absolute Gasteiger partial charge is 0.340 e. The van der Waals surface area contributed by atoms with Crippen LogP contribution < -0.4 is 10.7 Å². The zero-order chi connectivity index (χ0) is 23.0. The van der Waals surface area contributed by atoms with Crippen molar-refractivity contribution >= 4 is 22.8 Å². The zero-order valence-corrected chi connectivity index (χ0v) is 18.0. The maximum atomic E-state index is 13.0. The Morgan fingerprint density at radius 2 is 1.78 bits per heavy atom. The molecule has 2 aromatic carbocycles. The van der Waals surface area contributed by atoms with Crippen LogP contribution in [-0.4, -0.2) is 35.0 Å². The number of carbonyl (C=O) groups is 2. The standard InChI is InChI=1S/C25H25NO6/c1-15-12-19(27)22-16(2)18(23(29)32-20(22)13-15)14-21(28)26-10-8-25(9-11-26,24(30)31)17-6-4-3-5-7-17/h3-7,12-13,27H,8-11,14H2,1-2H3,(H,30,31)/p-1. The zero-order valence-electron chi connectivity index (χ0n) is 18.0. The molecular formula is C25H24NO6-. The number of hydrogen-bond acceptors (Lipinski definition) is 6. The lowest BCUT2D eigenvalue weighted by atomic mass is 9.73. The molecule has 0 spiro atoms. The molecule has 4 rings (SSSR count). The maximum absolute atomic E-state index is 13.0. The molecule has 7 nitrogen and oxygen atoms in total. The third kappa shape index (κ3) is 3.64. The Balaban J connectivity index is 1.57. The fourth-order valence-electron chi connectivity index (χ4n) is 4.63. The number of likely N-dealkylation sites (tertiary alicyclic amines) is 1. The van der Waals surface area contributed by atoms with Crippen molar-refractivity contribution in [3.63, 3.8) is 0 Å². The van der Waals surface area contributed by atoms with Gasteiger partial charge in [0.25, 0.3) is 0 Å². The largest absolute Gasteiger partial charge is 0.549 e. The van der Waals surface area contributed by atoms with Gasteiger partial charge in [-0.25, -0.2) is 4.79 Å². The van der Waals surface area contributed by atoms with E-state index in [0.717, 1.165) is 5.56 Å². The molecule has 1 aliphatic rings. The van der Waals surface area contributed by atoms with Gasteiger partial charge in [0.1, 0.15) is 11.3 Å². The highest BCUT2D eigenvalue weighted by molar-refractivity contribution is 5.89. The molecule has 3 aromatic rings. The molecule has 0 saturated carbocycles. The van der Waals surface area contributed by atoms with Gasteiger partial charge in [0.2, 0.25) is 5.91 Å². The van der Waals surface area contributed by atoms with Gasteiger partial charge in [-0.1, -0.05) is 30.3 Å². The number of rotatable bonds is 4. The summed E-state index contributed by atoms with van der Waals surface area (Å²) in [5.74, 6) is -1.44. The molecular weight excluding hydrogens is 410 g/mol. The highest BCUT2D eigenvalue weighted by atomic mass is 16.4. The van der Waals surface area contributed by atoms with Gasteiger partial charge in [0.15, 0.2) is 0 Å². The van der Waals surface area contributed by atoms with Gasteiger partial charge < -0.3 is 24.3 Å². The third-order valence-corrected chi connectivity index (χ3v) is 6.52. The van der Waals surface area contributed by atoms with Crippen LogP contribution in [-0.2, 0) is 21.4 Å². The second-order valence-electron chi connectivity index (χ2n) is 8.44. The van der Waals surface area contributed by atoms with Gasteiger partial charge >= 0.3 is 5.63 Å². The summed E-state index contributed by atoms with van der Waals surface area (Å²) in [5, 5.41) is 22.8. The number of phenolic OH excluding ortho intramolecular Hbond substituents is 1. The van der Waals surface area contributed by atoms with E-state index in [0.29, 0.717) is 16.5 Å². The Kier molecular flexibility index (Phi) is 5.50. The number of aryl methyl sites for hydroxylation is 2. The molecule has 2 heterocycles. The van der Waals surface area contributed by atoms with E-state index < -0.39 is 17.0 Å². The van der Waals surface area contributed by atoms with Crippen LogP contribution in [0, 0.1) is 13.8 Å². The summed E-state index contributed by atoms with van der Waals surface area (Å²) in [6.45, 7) is 3.95. The van der Waals surface area contributed by atoms with E-state index in [4.69, 9.17) is 4.42 Å². The molecule has 166 valence electrons. The number of carbonyl (C=O) groups excluding carboxylic acids is 2. The summed E-state index contributed by atoms with van der Waals surface area (Å²) in [5.41, 5.74) is 0.654. The van der Waals surface area contributed by atoms with Crippen LogP contribution in [0.2, 0.25) is 0 Å². The molecule has 0 aliphatic carbocycles. The minimum atomic E-state index is -1.15. The van der Waals surface area contributed by atoms with Gasteiger partial charge in [-0.2, -0.15) is 0 Å². The number of carboxylic acids is 1. The van der Waals surface area contributed by atoms with Crippen LogP contribution in [0.1, 0.15) is 35.1 Å². The summed E-state index contributed by atoms with van der Waals surface area (Å²) >= 11 is 0. The number of aliphatic carboxylic acids is 1. The minimum absolute atomic E-state index is 0.00507. The van der Waals surface area contributed by atoms with Crippen molar-refractivity contribution < 1.29 is 24.2 Å². The van der Waals surface area contributed by atoms with Crippen LogP contribution in [0.25, 0.3) is 11.0 Å². The first-order valence-corrected chi connectivity index (χ1v) is 10.5. The second kappa shape index (κ2) is 8.15. The van der Waals surface area contributed by atoms with Crippen molar-refractivity contribution in [2.24, 2.45) is 0 Å². The van der Waals surface area contributed by atoms with Crippen molar-refractivity contribution in [2.75, 3.05) is 13.1 Å². The van der Waals surface area contributed by atoms with Gasteiger partial charge in [-0.15, -0.1) is 0 Å². The van der Waals surface area contributed by atoms with E-state index in [-0.39, 0.29) is 55.2 Å². The van der Waals surface area contributed by atoms with Crippen molar-refractivity contribution in [3.05, 3.63) is 75.1 Å². The van der Waals surface area contributed by atoms with E-state index in [9.17, 15) is 24.6 Å². The van der Waals surface area contributed by atoms with Crippen LogP contribution >= 0.6 is 0 Å². The number of benzene rings is 2. The summed E-state index contributed by atoms with van der Waals surface area (Å²) in [4.78, 5) is 39.1. The summed E-state index contributed by atoms with van der Waals surface area (Å²) in [6.07, 6.45) is 0.286. The fraction of sp³-hybridized carbons (Fsp3) is 0.320. The summed E-state index contributed by atoms with van der Waals surface area (Å²) in [6, 6.07) is 12.2. The summed E-state index contributed by atoms with van der Waals surface area (Å²) in [7, 11) is 0. The number of fused-ring (bicyclic) bond motifs is 1. The SMILES string of the molecule is Cc1cc(O)c2c(C)c(CC(=O)N3CCC(C(=O)[O-])(c4ccccc4)CC3)c(=O)oc2c1. The van der Waals surface area contributed by atoms with Gasteiger partial charge in [-0.05, 0) is 55.5 Å². The molecule has 1 saturated heterocycles. The number of amides is 1. The van der Waals surface area contributed by atoms with Crippen LogP contribution in [0.3, 0.4) is 0 Å². The minimum Gasteiger partial charge on any atom is -0.549 e. The molecule has 0 atom stereocenters. The molecule has 0 unspecified atom stereocenters. The third-order valence-electron chi connectivity index (χ3n) is 6.52. The molecule has 32 heavy (non-hydrogen) atoms. The number of phenols is 1. The molecule has 1 fully saturated rings. The number of aromatic hydroxyl groups is 1. The van der Waals surface area contributed by atoms with Crippen molar-refractivity contribution in [1.29, 1.82) is 0 Å². The first-order chi connectivity index (χ1) is 15.2. The molecule has 0 bridgehead atoms. The van der Waals surface area contributed by atoms with Crippen LogP contribution in [0.4, 0.5) is 0 Å². The van der Waals surface area contributed by atoms with Crippen molar-refractivity contribution in [2.45, 2.75) is 38.5 Å². The number of piperidine rings is 1.